The lowest BCUT2D eigenvalue weighted by molar-refractivity contribution is 0.750. The van der Waals surface area contributed by atoms with Crippen molar-refractivity contribution < 1.29 is 0 Å². The van der Waals surface area contributed by atoms with Crippen LogP contribution >= 0.6 is 22.9 Å². The minimum atomic E-state index is 1.01. The predicted octanol–water partition coefficient (Wildman–Crippen LogP) is 3.41. The van der Waals surface area contributed by atoms with Gasteiger partial charge in [0.1, 0.15) is 0 Å². The van der Waals surface area contributed by atoms with Crippen LogP contribution in [0.4, 0.5) is 0 Å². The molecule has 0 bridgehead atoms. The fraction of sp³-hybridized carbons (Fsp3) is 0.273. The standard InChI is InChI=1S/C11H14IN/c1-10(13(2)12)8-9-11-6-4-3-5-7-11/h3-8H,9H2,1-2H3/b10-8-. The molecule has 0 N–H and O–H groups in total. The Balaban J connectivity index is 2.57. The summed E-state index contributed by atoms with van der Waals surface area (Å²) in [5.41, 5.74) is 2.66. The van der Waals surface area contributed by atoms with Crippen molar-refractivity contribution in [3.63, 3.8) is 0 Å². The average Bonchev–Trinajstić information content (AvgIpc) is 2.15. The van der Waals surface area contributed by atoms with Crippen LogP contribution in [0.25, 0.3) is 0 Å². The van der Waals surface area contributed by atoms with E-state index in [0.29, 0.717) is 0 Å². The topological polar surface area (TPSA) is 3.24 Å². The summed E-state index contributed by atoms with van der Waals surface area (Å²) in [6, 6.07) is 10.5. The normalized spacial score (nSPS) is 11.5. The molecule has 0 radical (unpaired) electrons. The van der Waals surface area contributed by atoms with Crippen LogP contribution < -0.4 is 0 Å². The van der Waals surface area contributed by atoms with E-state index in [1.807, 2.05) is 6.07 Å². The molecule has 0 unspecified atom stereocenters. The van der Waals surface area contributed by atoms with Gasteiger partial charge >= 0.3 is 0 Å². The summed E-state index contributed by atoms with van der Waals surface area (Å²) in [5, 5.41) is 0. The van der Waals surface area contributed by atoms with Crippen molar-refractivity contribution in [2.24, 2.45) is 0 Å². The number of allylic oxidation sites excluding steroid dienone is 2. The van der Waals surface area contributed by atoms with Crippen LogP contribution in [0.5, 0.6) is 0 Å². The molecule has 0 atom stereocenters. The van der Waals surface area contributed by atoms with E-state index in [2.05, 4.69) is 70.3 Å². The minimum Gasteiger partial charge on any atom is -0.322 e. The van der Waals surface area contributed by atoms with Gasteiger partial charge in [-0.2, -0.15) is 0 Å². The first-order valence-corrected chi connectivity index (χ1v) is 5.27. The number of hydrogen-bond donors (Lipinski definition) is 0. The van der Waals surface area contributed by atoms with Gasteiger partial charge in [-0.1, -0.05) is 36.4 Å². The highest BCUT2D eigenvalue weighted by Crippen LogP contribution is 2.08. The maximum atomic E-state index is 2.28. The second-order valence-corrected chi connectivity index (χ2v) is 4.46. The first-order chi connectivity index (χ1) is 6.20. The highest BCUT2D eigenvalue weighted by atomic mass is 127. The van der Waals surface area contributed by atoms with Crippen LogP contribution in [-0.2, 0) is 6.42 Å². The SMILES string of the molecule is C/C(=C/Cc1ccccc1)N(C)I. The van der Waals surface area contributed by atoms with E-state index < -0.39 is 0 Å². The van der Waals surface area contributed by atoms with Crippen molar-refractivity contribution in [3.05, 3.63) is 47.7 Å². The van der Waals surface area contributed by atoms with Crippen LogP contribution in [0.3, 0.4) is 0 Å². The summed E-state index contributed by atoms with van der Waals surface area (Å²) in [6.07, 6.45) is 3.25. The Morgan fingerprint density at radius 2 is 2.00 bits per heavy atom. The number of rotatable bonds is 3. The Kier molecular flexibility index (Phi) is 4.28. The first kappa shape index (κ1) is 10.6. The lowest BCUT2D eigenvalue weighted by atomic mass is 10.1. The van der Waals surface area contributed by atoms with Gasteiger partial charge in [-0.05, 0) is 18.9 Å². The molecule has 70 valence electrons. The maximum absolute atomic E-state index is 2.28. The fourth-order valence-corrected chi connectivity index (χ4v) is 1.20. The highest BCUT2D eigenvalue weighted by Gasteiger charge is 1.92. The highest BCUT2D eigenvalue weighted by molar-refractivity contribution is 14.1. The van der Waals surface area contributed by atoms with Crippen molar-refractivity contribution in [2.75, 3.05) is 7.05 Å². The zero-order chi connectivity index (χ0) is 9.68. The molecular formula is C11H14IN. The number of halogens is 1. The van der Waals surface area contributed by atoms with Gasteiger partial charge < -0.3 is 3.11 Å². The molecule has 0 saturated heterocycles. The largest absolute Gasteiger partial charge is 0.322 e. The third kappa shape index (κ3) is 3.81. The number of benzene rings is 1. The van der Waals surface area contributed by atoms with E-state index >= 15 is 0 Å². The molecular weight excluding hydrogens is 273 g/mol. The van der Waals surface area contributed by atoms with Gasteiger partial charge in [0.2, 0.25) is 0 Å². The summed E-state index contributed by atoms with van der Waals surface area (Å²) in [5.74, 6) is 0. The molecule has 1 rings (SSSR count). The molecule has 0 aliphatic carbocycles. The number of nitrogens with zero attached hydrogens (tertiary/aromatic N) is 1. The molecule has 0 aliphatic rings. The Morgan fingerprint density at radius 1 is 1.38 bits per heavy atom. The molecule has 0 amide bonds. The molecule has 2 heteroatoms. The van der Waals surface area contributed by atoms with Crippen LogP contribution in [0.1, 0.15) is 12.5 Å². The van der Waals surface area contributed by atoms with Gasteiger partial charge in [0.15, 0.2) is 0 Å². The molecule has 0 aromatic heterocycles. The van der Waals surface area contributed by atoms with Crippen LogP contribution in [-0.4, -0.2) is 10.2 Å². The molecule has 1 aromatic rings. The summed E-state index contributed by atoms with van der Waals surface area (Å²) >= 11 is 2.28. The van der Waals surface area contributed by atoms with Crippen molar-refractivity contribution in [3.8, 4) is 0 Å². The van der Waals surface area contributed by atoms with Gasteiger partial charge in [0.25, 0.3) is 0 Å². The smallest absolute Gasteiger partial charge is 0.0585 e. The minimum absolute atomic E-state index is 1.01. The second kappa shape index (κ2) is 5.27. The van der Waals surface area contributed by atoms with E-state index in [1.54, 1.807) is 0 Å². The third-order valence-corrected chi connectivity index (χ3v) is 2.72. The van der Waals surface area contributed by atoms with Crippen LogP contribution in [0.2, 0.25) is 0 Å². The fourth-order valence-electron chi connectivity index (χ4n) is 1.01. The van der Waals surface area contributed by atoms with Crippen LogP contribution in [0, 0.1) is 0 Å². The summed E-state index contributed by atoms with van der Waals surface area (Å²) in [6.45, 7) is 2.12. The molecule has 0 spiro atoms. The zero-order valence-electron chi connectivity index (χ0n) is 8.00. The van der Waals surface area contributed by atoms with Gasteiger partial charge in [-0.25, -0.2) is 0 Å². The van der Waals surface area contributed by atoms with Crippen molar-refractivity contribution in [1.29, 1.82) is 0 Å². The van der Waals surface area contributed by atoms with E-state index in [9.17, 15) is 0 Å². The molecule has 0 heterocycles. The second-order valence-electron chi connectivity index (χ2n) is 3.01. The van der Waals surface area contributed by atoms with Crippen molar-refractivity contribution >= 4 is 22.9 Å². The molecule has 0 fully saturated rings. The lowest BCUT2D eigenvalue weighted by Gasteiger charge is -2.09. The molecule has 1 nitrogen and oxygen atoms in total. The first-order valence-electron chi connectivity index (χ1n) is 4.30. The van der Waals surface area contributed by atoms with E-state index in [0.717, 1.165) is 6.42 Å². The Labute approximate surface area is 93.9 Å². The molecule has 0 aliphatic heterocycles. The summed E-state index contributed by atoms with van der Waals surface area (Å²) in [7, 11) is 2.05. The lowest BCUT2D eigenvalue weighted by Crippen LogP contribution is -1.99. The molecule has 0 saturated carbocycles. The van der Waals surface area contributed by atoms with E-state index in [1.165, 1.54) is 11.3 Å². The predicted molar refractivity (Wildman–Crippen MR) is 65.7 cm³/mol. The average molecular weight is 287 g/mol. The van der Waals surface area contributed by atoms with E-state index in [-0.39, 0.29) is 0 Å². The van der Waals surface area contributed by atoms with Gasteiger partial charge in [-0.3, -0.25) is 0 Å². The zero-order valence-corrected chi connectivity index (χ0v) is 10.2. The summed E-state index contributed by atoms with van der Waals surface area (Å²) in [4.78, 5) is 0. The Morgan fingerprint density at radius 3 is 2.54 bits per heavy atom. The van der Waals surface area contributed by atoms with E-state index in [4.69, 9.17) is 0 Å². The monoisotopic (exact) mass is 287 g/mol. The molecule has 1 aromatic carbocycles. The van der Waals surface area contributed by atoms with Gasteiger partial charge in [-0.15, -0.1) is 0 Å². The quantitative estimate of drug-likeness (QED) is 0.608. The molecule has 13 heavy (non-hydrogen) atoms. The Bertz CT molecular complexity index is 277. The maximum Gasteiger partial charge on any atom is 0.0585 e. The van der Waals surface area contributed by atoms with Crippen molar-refractivity contribution in [2.45, 2.75) is 13.3 Å². The number of hydrogen-bond acceptors (Lipinski definition) is 1. The van der Waals surface area contributed by atoms with Crippen LogP contribution in [0.15, 0.2) is 42.1 Å². The Hall–Kier alpha value is -0.510. The van der Waals surface area contributed by atoms with Gasteiger partial charge in [0.05, 0.1) is 22.9 Å². The third-order valence-electron chi connectivity index (χ3n) is 1.96. The summed E-state index contributed by atoms with van der Waals surface area (Å²) < 4.78 is 2.10. The van der Waals surface area contributed by atoms with Crippen molar-refractivity contribution in [1.82, 2.24) is 3.11 Å². The van der Waals surface area contributed by atoms with Gasteiger partial charge in [0, 0.05) is 12.7 Å².